The van der Waals surface area contributed by atoms with Crippen LogP contribution in [0.2, 0.25) is 0 Å². The van der Waals surface area contributed by atoms with E-state index < -0.39 is 31.0 Å². The highest BCUT2D eigenvalue weighted by molar-refractivity contribution is 4.92. The fraction of sp³-hybridized carbons (Fsp3) is 1.00. The predicted molar refractivity (Wildman–Crippen MR) is 44.2 cm³/mol. The highest BCUT2D eigenvalue weighted by Gasteiger charge is 2.44. The van der Waals surface area contributed by atoms with Crippen LogP contribution >= 0.6 is 0 Å². The monoisotopic (exact) mass is 192 g/mol. The summed E-state index contributed by atoms with van der Waals surface area (Å²) in [4.78, 5) is 0. The van der Waals surface area contributed by atoms with Crippen molar-refractivity contribution in [2.75, 3.05) is 13.7 Å². The summed E-state index contributed by atoms with van der Waals surface area (Å²) in [6.07, 6.45) is -3.37. The van der Waals surface area contributed by atoms with Crippen molar-refractivity contribution in [1.82, 2.24) is 0 Å². The SMILES string of the molecule is CO[C@H]1C(O)[C@H](C)O[C@@H]1C(O)CO. The van der Waals surface area contributed by atoms with Crippen molar-refractivity contribution >= 4 is 0 Å². The lowest BCUT2D eigenvalue weighted by atomic mass is 10.0. The molecule has 0 bridgehead atoms. The van der Waals surface area contributed by atoms with Crippen molar-refractivity contribution in [2.24, 2.45) is 0 Å². The largest absolute Gasteiger partial charge is 0.394 e. The van der Waals surface area contributed by atoms with E-state index in [9.17, 15) is 10.2 Å². The first-order chi connectivity index (χ1) is 6.11. The Hall–Kier alpha value is -0.200. The molecule has 1 aliphatic rings. The molecule has 1 aliphatic heterocycles. The van der Waals surface area contributed by atoms with Gasteiger partial charge in [0.15, 0.2) is 0 Å². The first-order valence-electron chi connectivity index (χ1n) is 4.27. The molecule has 1 heterocycles. The van der Waals surface area contributed by atoms with Crippen molar-refractivity contribution in [2.45, 2.75) is 37.4 Å². The van der Waals surface area contributed by atoms with Crippen molar-refractivity contribution in [1.29, 1.82) is 0 Å². The minimum Gasteiger partial charge on any atom is -0.394 e. The highest BCUT2D eigenvalue weighted by Crippen LogP contribution is 2.25. The third kappa shape index (κ3) is 2.00. The zero-order chi connectivity index (χ0) is 10.0. The van der Waals surface area contributed by atoms with Gasteiger partial charge in [0.05, 0.1) is 12.7 Å². The number of methoxy groups -OCH3 is 1. The van der Waals surface area contributed by atoms with E-state index in [1.54, 1.807) is 6.92 Å². The van der Waals surface area contributed by atoms with E-state index >= 15 is 0 Å². The Morgan fingerprint density at radius 2 is 2.15 bits per heavy atom. The zero-order valence-corrected chi connectivity index (χ0v) is 7.75. The molecule has 78 valence electrons. The minimum atomic E-state index is -1.01. The Morgan fingerprint density at radius 1 is 1.54 bits per heavy atom. The summed E-state index contributed by atoms with van der Waals surface area (Å²) in [6, 6.07) is 0. The summed E-state index contributed by atoms with van der Waals surface area (Å²) in [6.45, 7) is 1.30. The molecule has 0 amide bonds. The third-order valence-corrected chi connectivity index (χ3v) is 2.35. The molecule has 0 radical (unpaired) electrons. The van der Waals surface area contributed by atoms with Gasteiger partial charge in [0, 0.05) is 7.11 Å². The highest BCUT2D eigenvalue weighted by atomic mass is 16.6. The van der Waals surface area contributed by atoms with Crippen LogP contribution in [-0.4, -0.2) is 59.6 Å². The Kier molecular flexibility index (Phi) is 3.63. The molecular formula is C8H16O5. The molecule has 0 aromatic carbocycles. The Morgan fingerprint density at radius 3 is 2.62 bits per heavy atom. The van der Waals surface area contributed by atoms with E-state index in [0.29, 0.717) is 0 Å². The topological polar surface area (TPSA) is 79.2 Å². The molecule has 13 heavy (non-hydrogen) atoms. The fourth-order valence-electron chi connectivity index (χ4n) is 1.55. The zero-order valence-electron chi connectivity index (χ0n) is 7.75. The quantitative estimate of drug-likeness (QED) is 0.507. The van der Waals surface area contributed by atoms with Gasteiger partial charge in [0.1, 0.15) is 24.4 Å². The van der Waals surface area contributed by atoms with Gasteiger partial charge < -0.3 is 24.8 Å². The molecule has 0 aliphatic carbocycles. The van der Waals surface area contributed by atoms with Gasteiger partial charge in [0.25, 0.3) is 0 Å². The van der Waals surface area contributed by atoms with E-state index in [2.05, 4.69) is 0 Å². The summed E-state index contributed by atoms with van der Waals surface area (Å²) in [7, 11) is 1.44. The van der Waals surface area contributed by atoms with Gasteiger partial charge in [-0.25, -0.2) is 0 Å². The van der Waals surface area contributed by atoms with Gasteiger partial charge >= 0.3 is 0 Å². The normalized spacial score (nSPS) is 42.2. The second-order valence-electron chi connectivity index (χ2n) is 3.25. The molecule has 5 heteroatoms. The van der Waals surface area contributed by atoms with Crippen molar-refractivity contribution in [3.63, 3.8) is 0 Å². The maximum atomic E-state index is 9.53. The van der Waals surface area contributed by atoms with Gasteiger partial charge in [-0.1, -0.05) is 0 Å². The molecule has 0 aromatic heterocycles. The van der Waals surface area contributed by atoms with Gasteiger partial charge in [-0.15, -0.1) is 0 Å². The van der Waals surface area contributed by atoms with Crippen LogP contribution in [0.5, 0.6) is 0 Å². The summed E-state index contributed by atoms with van der Waals surface area (Å²) < 4.78 is 10.2. The van der Waals surface area contributed by atoms with Gasteiger partial charge in [-0.05, 0) is 6.92 Å². The molecular weight excluding hydrogens is 176 g/mol. The minimum absolute atomic E-state index is 0.379. The predicted octanol–water partition coefficient (Wildman–Crippen LogP) is -1.50. The van der Waals surface area contributed by atoms with Gasteiger partial charge in [-0.3, -0.25) is 0 Å². The smallest absolute Gasteiger partial charge is 0.115 e. The maximum absolute atomic E-state index is 9.53. The number of hydrogen-bond donors (Lipinski definition) is 3. The van der Waals surface area contributed by atoms with E-state index in [4.69, 9.17) is 14.6 Å². The van der Waals surface area contributed by atoms with Crippen LogP contribution in [0.15, 0.2) is 0 Å². The summed E-state index contributed by atoms with van der Waals surface area (Å²) in [5, 5.41) is 27.6. The average Bonchev–Trinajstić information content (AvgIpc) is 2.42. The van der Waals surface area contributed by atoms with Crippen LogP contribution in [-0.2, 0) is 9.47 Å². The number of hydrogen-bond acceptors (Lipinski definition) is 5. The lowest BCUT2D eigenvalue weighted by molar-refractivity contribution is -0.0877. The van der Waals surface area contributed by atoms with Crippen molar-refractivity contribution in [3.05, 3.63) is 0 Å². The van der Waals surface area contributed by atoms with E-state index in [0.717, 1.165) is 0 Å². The van der Waals surface area contributed by atoms with E-state index in [1.807, 2.05) is 0 Å². The van der Waals surface area contributed by atoms with Crippen LogP contribution in [0.1, 0.15) is 6.92 Å². The fourth-order valence-corrected chi connectivity index (χ4v) is 1.55. The molecule has 3 N–H and O–H groups in total. The standard InChI is InChI=1S/C8H16O5/c1-4-6(11)8(12-2)7(13-4)5(10)3-9/h4-11H,3H2,1-2H3/t4-,5?,6?,7+,8-/m0/s1. The Bertz CT molecular complexity index is 163. The first kappa shape index (κ1) is 10.9. The number of rotatable bonds is 3. The maximum Gasteiger partial charge on any atom is 0.115 e. The van der Waals surface area contributed by atoms with Crippen LogP contribution in [0.4, 0.5) is 0 Å². The molecule has 0 aromatic rings. The molecule has 0 saturated carbocycles. The number of aliphatic hydroxyl groups excluding tert-OH is 3. The molecule has 0 spiro atoms. The lowest BCUT2D eigenvalue weighted by Crippen LogP contribution is -2.41. The molecule has 1 rings (SSSR count). The molecule has 5 nitrogen and oxygen atoms in total. The van der Waals surface area contributed by atoms with E-state index in [1.165, 1.54) is 7.11 Å². The second kappa shape index (κ2) is 4.34. The van der Waals surface area contributed by atoms with Gasteiger partial charge in [-0.2, -0.15) is 0 Å². The summed E-state index contributed by atoms with van der Waals surface area (Å²) in [5.41, 5.74) is 0. The molecule has 1 fully saturated rings. The second-order valence-corrected chi connectivity index (χ2v) is 3.25. The average molecular weight is 192 g/mol. The van der Waals surface area contributed by atoms with Crippen LogP contribution in [0, 0.1) is 0 Å². The van der Waals surface area contributed by atoms with Crippen molar-refractivity contribution in [3.8, 4) is 0 Å². The number of aliphatic hydroxyl groups is 3. The number of ether oxygens (including phenoxy) is 2. The Balaban J connectivity index is 2.64. The lowest BCUT2D eigenvalue weighted by Gasteiger charge is -2.21. The summed E-state index contributed by atoms with van der Waals surface area (Å²) >= 11 is 0. The molecule has 1 saturated heterocycles. The van der Waals surface area contributed by atoms with E-state index in [-0.39, 0.29) is 6.10 Å². The van der Waals surface area contributed by atoms with Crippen LogP contribution in [0.3, 0.4) is 0 Å². The first-order valence-corrected chi connectivity index (χ1v) is 4.27. The van der Waals surface area contributed by atoms with Gasteiger partial charge in [0.2, 0.25) is 0 Å². The Labute approximate surface area is 76.9 Å². The van der Waals surface area contributed by atoms with Crippen LogP contribution < -0.4 is 0 Å². The molecule has 2 unspecified atom stereocenters. The third-order valence-electron chi connectivity index (χ3n) is 2.35. The molecule has 5 atom stereocenters. The van der Waals surface area contributed by atoms with Crippen LogP contribution in [0.25, 0.3) is 0 Å². The summed E-state index contributed by atoms with van der Waals surface area (Å²) in [5.74, 6) is 0. The van der Waals surface area contributed by atoms with Crippen molar-refractivity contribution < 1.29 is 24.8 Å².